The molecule has 2 rings (SSSR count). The van der Waals surface area contributed by atoms with Crippen LogP contribution >= 0.6 is 0 Å². The van der Waals surface area contributed by atoms with Crippen LogP contribution in [0.1, 0.15) is 51.6 Å². The molecule has 0 heterocycles. The van der Waals surface area contributed by atoms with Gasteiger partial charge in [-0.3, -0.25) is 0 Å². The van der Waals surface area contributed by atoms with Crippen molar-refractivity contribution in [1.82, 2.24) is 10.0 Å². The third-order valence-electron chi connectivity index (χ3n) is 4.55. The van der Waals surface area contributed by atoms with Gasteiger partial charge in [-0.25, -0.2) is 13.1 Å². The highest BCUT2D eigenvalue weighted by atomic mass is 32.2. The van der Waals surface area contributed by atoms with Gasteiger partial charge in [0.25, 0.3) is 0 Å². The molecule has 1 atom stereocenters. The van der Waals surface area contributed by atoms with E-state index in [2.05, 4.69) is 30.8 Å². The Balaban J connectivity index is 2.03. The zero-order valence-electron chi connectivity index (χ0n) is 13.1. The SMILES string of the molecule is CCNC(C)c1ccc(S(=O)(=O)NCC2(CC)CC2)cc1. The summed E-state index contributed by atoms with van der Waals surface area (Å²) in [5.74, 6) is 0. The van der Waals surface area contributed by atoms with E-state index in [-0.39, 0.29) is 11.5 Å². The summed E-state index contributed by atoms with van der Waals surface area (Å²) in [5, 5.41) is 3.32. The Bertz CT molecular complexity index is 562. The molecule has 0 aromatic heterocycles. The average Bonchev–Trinajstić information content (AvgIpc) is 3.26. The zero-order chi connectivity index (χ0) is 15.5. The molecule has 118 valence electrons. The highest BCUT2D eigenvalue weighted by Crippen LogP contribution is 2.48. The van der Waals surface area contributed by atoms with Crippen LogP contribution in [-0.2, 0) is 10.0 Å². The fraction of sp³-hybridized carbons (Fsp3) is 0.625. The predicted molar refractivity (Wildman–Crippen MR) is 85.7 cm³/mol. The standard InChI is InChI=1S/C16H26N2O2S/c1-4-16(10-11-16)12-18-21(19,20)15-8-6-14(7-9-15)13(3)17-5-2/h6-9,13,17-18H,4-5,10-12H2,1-3H3. The lowest BCUT2D eigenvalue weighted by Gasteiger charge is -2.15. The van der Waals surface area contributed by atoms with Crippen LogP contribution in [0, 0.1) is 5.41 Å². The third kappa shape index (κ3) is 4.05. The minimum absolute atomic E-state index is 0.215. The molecule has 0 aliphatic heterocycles. The van der Waals surface area contributed by atoms with E-state index in [0.717, 1.165) is 31.4 Å². The van der Waals surface area contributed by atoms with E-state index in [1.165, 1.54) is 0 Å². The molecule has 1 fully saturated rings. The largest absolute Gasteiger partial charge is 0.310 e. The molecule has 5 heteroatoms. The minimum Gasteiger partial charge on any atom is -0.310 e. The van der Waals surface area contributed by atoms with E-state index in [9.17, 15) is 8.42 Å². The predicted octanol–water partition coefficient (Wildman–Crippen LogP) is 2.83. The lowest BCUT2D eigenvalue weighted by Crippen LogP contribution is -2.30. The van der Waals surface area contributed by atoms with Gasteiger partial charge in [-0.15, -0.1) is 0 Å². The Hall–Kier alpha value is -0.910. The quantitative estimate of drug-likeness (QED) is 0.776. The van der Waals surface area contributed by atoms with Gasteiger partial charge in [-0.05, 0) is 55.8 Å². The lowest BCUT2D eigenvalue weighted by atomic mass is 10.1. The number of benzene rings is 1. The van der Waals surface area contributed by atoms with E-state index in [1.54, 1.807) is 12.1 Å². The fourth-order valence-electron chi connectivity index (χ4n) is 2.52. The summed E-state index contributed by atoms with van der Waals surface area (Å²) in [6.07, 6.45) is 3.30. The fourth-order valence-corrected chi connectivity index (χ4v) is 3.68. The molecule has 0 spiro atoms. The molecule has 0 bridgehead atoms. The summed E-state index contributed by atoms with van der Waals surface area (Å²) in [6, 6.07) is 7.38. The molecule has 0 saturated heterocycles. The summed E-state index contributed by atoms with van der Waals surface area (Å²) in [6.45, 7) is 7.70. The van der Waals surface area contributed by atoms with Crippen molar-refractivity contribution < 1.29 is 8.42 Å². The highest BCUT2D eigenvalue weighted by molar-refractivity contribution is 7.89. The molecule has 21 heavy (non-hydrogen) atoms. The molecule has 0 amide bonds. The van der Waals surface area contributed by atoms with Gasteiger partial charge in [0, 0.05) is 12.6 Å². The van der Waals surface area contributed by atoms with Crippen molar-refractivity contribution in [2.24, 2.45) is 5.41 Å². The number of hydrogen-bond donors (Lipinski definition) is 2. The van der Waals surface area contributed by atoms with Gasteiger partial charge in [0.05, 0.1) is 4.90 Å². The Morgan fingerprint density at radius 2 is 1.81 bits per heavy atom. The Labute approximate surface area is 128 Å². The van der Waals surface area contributed by atoms with Crippen molar-refractivity contribution in [2.45, 2.75) is 51.0 Å². The maximum absolute atomic E-state index is 12.3. The molecule has 1 aliphatic rings. The molecule has 0 radical (unpaired) electrons. The van der Waals surface area contributed by atoms with E-state index in [4.69, 9.17) is 0 Å². The summed E-state index contributed by atoms with van der Waals surface area (Å²) in [5.41, 5.74) is 1.31. The van der Waals surface area contributed by atoms with Gasteiger partial charge in [0.15, 0.2) is 0 Å². The van der Waals surface area contributed by atoms with Gasteiger partial charge in [0.2, 0.25) is 10.0 Å². The second-order valence-electron chi connectivity index (χ2n) is 6.03. The van der Waals surface area contributed by atoms with Crippen LogP contribution in [-0.4, -0.2) is 21.5 Å². The summed E-state index contributed by atoms with van der Waals surface area (Å²) in [7, 11) is -3.39. The van der Waals surface area contributed by atoms with Crippen LogP contribution in [0.15, 0.2) is 29.2 Å². The normalized spacial score (nSPS) is 18.4. The lowest BCUT2D eigenvalue weighted by molar-refractivity contribution is 0.475. The Morgan fingerprint density at radius 3 is 2.29 bits per heavy atom. The molecule has 1 aliphatic carbocycles. The number of nitrogens with one attached hydrogen (secondary N) is 2. The average molecular weight is 310 g/mol. The first-order valence-electron chi connectivity index (χ1n) is 7.75. The minimum atomic E-state index is -3.39. The van der Waals surface area contributed by atoms with Crippen LogP contribution in [0.3, 0.4) is 0 Å². The monoisotopic (exact) mass is 310 g/mol. The smallest absolute Gasteiger partial charge is 0.240 e. The summed E-state index contributed by atoms with van der Waals surface area (Å²) < 4.78 is 27.4. The van der Waals surface area contributed by atoms with Gasteiger partial charge in [-0.2, -0.15) is 0 Å². The van der Waals surface area contributed by atoms with Gasteiger partial charge < -0.3 is 5.32 Å². The zero-order valence-corrected chi connectivity index (χ0v) is 14.0. The Morgan fingerprint density at radius 1 is 1.19 bits per heavy atom. The number of rotatable bonds is 8. The van der Waals surface area contributed by atoms with Gasteiger partial charge in [0.1, 0.15) is 0 Å². The molecule has 1 aromatic rings. The van der Waals surface area contributed by atoms with Gasteiger partial charge >= 0.3 is 0 Å². The molecule has 4 nitrogen and oxygen atoms in total. The van der Waals surface area contributed by atoms with Crippen LogP contribution in [0.25, 0.3) is 0 Å². The maximum atomic E-state index is 12.3. The van der Waals surface area contributed by atoms with E-state index in [1.807, 2.05) is 12.1 Å². The molecule has 1 saturated carbocycles. The van der Waals surface area contributed by atoms with E-state index >= 15 is 0 Å². The van der Waals surface area contributed by atoms with Crippen molar-refractivity contribution in [3.05, 3.63) is 29.8 Å². The molecule has 1 aromatic carbocycles. The van der Waals surface area contributed by atoms with Crippen LogP contribution in [0.2, 0.25) is 0 Å². The van der Waals surface area contributed by atoms with Crippen LogP contribution in [0.5, 0.6) is 0 Å². The van der Waals surface area contributed by atoms with E-state index in [0.29, 0.717) is 11.4 Å². The van der Waals surface area contributed by atoms with Gasteiger partial charge in [-0.1, -0.05) is 26.0 Å². The molecular weight excluding hydrogens is 284 g/mol. The molecular formula is C16H26N2O2S. The van der Waals surface area contributed by atoms with Crippen molar-refractivity contribution in [1.29, 1.82) is 0 Å². The molecule has 2 N–H and O–H groups in total. The second kappa shape index (κ2) is 6.46. The van der Waals surface area contributed by atoms with Crippen molar-refractivity contribution in [2.75, 3.05) is 13.1 Å². The topological polar surface area (TPSA) is 58.2 Å². The van der Waals surface area contributed by atoms with E-state index < -0.39 is 10.0 Å². The number of sulfonamides is 1. The van der Waals surface area contributed by atoms with Crippen molar-refractivity contribution >= 4 is 10.0 Å². The van der Waals surface area contributed by atoms with Crippen molar-refractivity contribution in [3.8, 4) is 0 Å². The molecule has 1 unspecified atom stereocenters. The Kier molecular flexibility index (Phi) is 5.07. The first-order valence-corrected chi connectivity index (χ1v) is 9.24. The highest BCUT2D eigenvalue weighted by Gasteiger charge is 2.41. The second-order valence-corrected chi connectivity index (χ2v) is 7.79. The van der Waals surface area contributed by atoms with Crippen molar-refractivity contribution in [3.63, 3.8) is 0 Å². The summed E-state index contributed by atoms with van der Waals surface area (Å²) >= 11 is 0. The summed E-state index contributed by atoms with van der Waals surface area (Å²) in [4.78, 5) is 0.349. The third-order valence-corrected chi connectivity index (χ3v) is 5.96. The van der Waals surface area contributed by atoms with Crippen LogP contribution < -0.4 is 10.0 Å². The maximum Gasteiger partial charge on any atom is 0.240 e. The first-order chi connectivity index (χ1) is 9.92. The first kappa shape index (κ1) is 16.5. The van der Waals surface area contributed by atoms with Crippen LogP contribution in [0.4, 0.5) is 0 Å². The number of hydrogen-bond acceptors (Lipinski definition) is 3.